The molecule has 0 fully saturated rings. The topological polar surface area (TPSA) is 123 Å². The fraction of sp³-hybridized carbons (Fsp3) is 0.143. The number of para-hydroxylation sites is 1. The fourth-order valence-corrected chi connectivity index (χ4v) is 6.36. The Morgan fingerprint density at radius 2 is 1.80 bits per heavy atom. The molecule has 1 aliphatic rings. The molecule has 2 N–H and O–H groups in total. The molecule has 1 atom stereocenters. The second-order valence-electron chi connectivity index (χ2n) is 10.4. The maximum absolute atomic E-state index is 14.0. The number of aryl methyl sites for hydroxylation is 1. The van der Waals surface area contributed by atoms with Crippen molar-refractivity contribution < 1.29 is 23.8 Å². The molecule has 10 heteroatoms. The van der Waals surface area contributed by atoms with E-state index in [9.17, 15) is 19.5 Å². The normalized spacial score (nSPS) is 14.6. The first-order valence-electron chi connectivity index (χ1n) is 14.3. The van der Waals surface area contributed by atoms with E-state index in [-0.39, 0.29) is 17.0 Å². The van der Waals surface area contributed by atoms with Gasteiger partial charge in [-0.2, -0.15) is 0 Å². The molecule has 2 aromatic heterocycles. The Balaban J connectivity index is 1.42. The smallest absolute Gasteiger partial charge is 0.335 e. The van der Waals surface area contributed by atoms with Crippen molar-refractivity contribution >= 4 is 35.0 Å². The van der Waals surface area contributed by atoms with Crippen LogP contribution in [-0.4, -0.2) is 28.2 Å². The molecule has 226 valence electrons. The number of hydrogen-bond acceptors (Lipinski definition) is 7. The van der Waals surface area contributed by atoms with E-state index in [2.05, 4.69) is 5.32 Å². The van der Waals surface area contributed by atoms with Crippen molar-refractivity contribution in [2.24, 2.45) is 4.99 Å². The Morgan fingerprint density at radius 3 is 2.49 bits per heavy atom. The number of furan rings is 1. The number of aromatic carboxylic acids is 1. The van der Waals surface area contributed by atoms with Crippen molar-refractivity contribution in [1.29, 1.82) is 0 Å². The maximum atomic E-state index is 14.0. The molecule has 6 rings (SSSR count). The van der Waals surface area contributed by atoms with E-state index in [0.29, 0.717) is 50.2 Å². The predicted molar refractivity (Wildman–Crippen MR) is 172 cm³/mol. The SMILES string of the molecule is CCOc1ccc([C@@H]2C(C(=O)Nc3ccccc3)=C(C)N=c3s/c(=C\c4ccc(-c5ccc(C(=O)O)cc5C)o4)c(=O)n32)cc1. The molecule has 0 unspecified atom stereocenters. The molecule has 0 radical (unpaired) electrons. The van der Waals surface area contributed by atoms with Crippen molar-refractivity contribution in [3.63, 3.8) is 0 Å². The lowest BCUT2D eigenvalue weighted by atomic mass is 9.95. The molecular formula is C35H29N3O6S. The number of fused-ring (bicyclic) bond motifs is 1. The van der Waals surface area contributed by atoms with E-state index in [4.69, 9.17) is 14.1 Å². The monoisotopic (exact) mass is 619 g/mol. The highest BCUT2D eigenvalue weighted by Crippen LogP contribution is 2.32. The lowest BCUT2D eigenvalue weighted by Gasteiger charge is -2.25. The third kappa shape index (κ3) is 5.87. The quantitative estimate of drug-likeness (QED) is 0.235. The third-order valence-electron chi connectivity index (χ3n) is 7.44. The van der Waals surface area contributed by atoms with Gasteiger partial charge in [0.05, 0.1) is 34.0 Å². The van der Waals surface area contributed by atoms with Crippen LogP contribution in [0.15, 0.2) is 110 Å². The van der Waals surface area contributed by atoms with Gasteiger partial charge in [0.25, 0.3) is 11.5 Å². The third-order valence-corrected chi connectivity index (χ3v) is 8.43. The molecule has 45 heavy (non-hydrogen) atoms. The summed E-state index contributed by atoms with van der Waals surface area (Å²) in [7, 11) is 0. The van der Waals surface area contributed by atoms with E-state index in [0.717, 1.165) is 16.7 Å². The summed E-state index contributed by atoms with van der Waals surface area (Å²) in [4.78, 5) is 44.3. The van der Waals surface area contributed by atoms with Gasteiger partial charge in [0.15, 0.2) is 4.80 Å². The number of carboxylic acid groups (broad SMARTS) is 1. The second-order valence-corrected chi connectivity index (χ2v) is 11.4. The molecule has 0 spiro atoms. The minimum atomic E-state index is -1.00. The highest BCUT2D eigenvalue weighted by molar-refractivity contribution is 7.07. The number of carbonyl (C=O) groups excluding carboxylic acids is 1. The molecule has 5 aromatic rings. The Hall–Kier alpha value is -5.48. The minimum absolute atomic E-state index is 0.193. The van der Waals surface area contributed by atoms with Crippen LogP contribution in [0.4, 0.5) is 5.69 Å². The standard InChI is InChI=1S/C35H29N3O6S/c1-4-43-25-13-10-22(11-14-25)31-30(32(39)37-24-8-6-5-7-9-24)21(3)36-35-38(31)33(40)29(45-35)19-26-15-17-28(44-26)27-16-12-23(34(41)42)18-20(27)2/h5-19,31H,4H2,1-3H3,(H,37,39)(H,41,42)/b29-19-/t31-/m1/s1. The number of hydrogen-bond donors (Lipinski definition) is 2. The number of benzene rings is 3. The van der Waals surface area contributed by atoms with Crippen molar-refractivity contribution in [2.45, 2.75) is 26.8 Å². The molecule has 0 aliphatic carbocycles. The van der Waals surface area contributed by atoms with Crippen LogP contribution in [0.5, 0.6) is 5.75 Å². The zero-order valence-corrected chi connectivity index (χ0v) is 25.6. The van der Waals surface area contributed by atoms with E-state index >= 15 is 0 Å². The average Bonchev–Trinajstić information content (AvgIpc) is 3.61. The van der Waals surface area contributed by atoms with Crippen molar-refractivity contribution in [2.75, 3.05) is 11.9 Å². The van der Waals surface area contributed by atoms with Gasteiger partial charge in [0.1, 0.15) is 17.3 Å². The zero-order chi connectivity index (χ0) is 31.7. The van der Waals surface area contributed by atoms with Gasteiger partial charge in [-0.1, -0.05) is 47.7 Å². The Labute approximate surface area is 262 Å². The molecule has 9 nitrogen and oxygen atoms in total. The number of thiazole rings is 1. The largest absolute Gasteiger partial charge is 0.494 e. The van der Waals surface area contributed by atoms with Crippen LogP contribution in [0.1, 0.15) is 47.1 Å². The van der Waals surface area contributed by atoms with Crippen LogP contribution >= 0.6 is 11.3 Å². The lowest BCUT2D eigenvalue weighted by molar-refractivity contribution is -0.113. The van der Waals surface area contributed by atoms with Crippen LogP contribution in [0, 0.1) is 6.92 Å². The number of ether oxygens (including phenoxy) is 1. The second kappa shape index (κ2) is 12.3. The van der Waals surface area contributed by atoms with Gasteiger partial charge in [-0.25, -0.2) is 9.79 Å². The summed E-state index contributed by atoms with van der Waals surface area (Å²) in [5.41, 5.74) is 3.63. The first kappa shape index (κ1) is 29.6. The van der Waals surface area contributed by atoms with Crippen molar-refractivity contribution in [3.05, 3.63) is 138 Å². The van der Waals surface area contributed by atoms with Crippen LogP contribution in [0.25, 0.3) is 17.4 Å². The van der Waals surface area contributed by atoms with Gasteiger partial charge in [-0.3, -0.25) is 14.2 Å². The average molecular weight is 620 g/mol. The van der Waals surface area contributed by atoms with Crippen LogP contribution in [0.2, 0.25) is 0 Å². The van der Waals surface area contributed by atoms with Gasteiger partial charge in [-0.15, -0.1) is 0 Å². The lowest BCUT2D eigenvalue weighted by Crippen LogP contribution is -2.40. The summed E-state index contributed by atoms with van der Waals surface area (Å²) in [6.45, 7) is 6.01. The van der Waals surface area contributed by atoms with Crippen LogP contribution in [-0.2, 0) is 4.79 Å². The number of aromatic nitrogens is 1. The number of rotatable bonds is 8. The number of amides is 1. The zero-order valence-electron chi connectivity index (χ0n) is 24.7. The Bertz CT molecular complexity index is 2140. The summed E-state index contributed by atoms with van der Waals surface area (Å²) in [6.07, 6.45) is 1.66. The fourth-order valence-electron chi connectivity index (χ4n) is 5.34. The van der Waals surface area contributed by atoms with E-state index in [1.807, 2.05) is 56.3 Å². The summed E-state index contributed by atoms with van der Waals surface area (Å²) in [5, 5.41) is 12.2. The van der Waals surface area contributed by atoms with Gasteiger partial charge in [0.2, 0.25) is 0 Å². The van der Waals surface area contributed by atoms with Gasteiger partial charge >= 0.3 is 5.97 Å². The molecule has 0 bridgehead atoms. The summed E-state index contributed by atoms with van der Waals surface area (Å²) >= 11 is 1.21. The number of allylic oxidation sites excluding steroid dienone is 1. The van der Waals surface area contributed by atoms with Crippen LogP contribution < -0.4 is 24.9 Å². The molecule has 0 saturated carbocycles. The molecule has 0 saturated heterocycles. The van der Waals surface area contributed by atoms with Gasteiger partial charge < -0.3 is 19.6 Å². The van der Waals surface area contributed by atoms with E-state index in [1.54, 1.807) is 54.0 Å². The first-order valence-corrected chi connectivity index (χ1v) is 15.1. The molecule has 1 amide bonds. The molecule has 1 aliphatic heterocycles. The first-order chi connectivity index (χ1) is 21.7. The van der Waals surface area contributed by atoms with E-state index in [1.165, 1.54) is 17.4 Å². The Kier molecular flexibility index (Phi) is 8.06. The molecular weight excluding hydrogens is 590 g/mol. The van der Waals surface area contributed by atoms with Crippen molar-refractivity contribution in [1.82, 2.24) is 4.57 Å². The predicted octanol–water partition coefficient (Wildman–Crippen LogP) is 5.54. The van der Waals surface area contributed by atoms with Crippen LogP contribution in [0.3, 0.4) is 0 Å². The number of nitrogens with zero attached hydrogens (tertiary/aromatic N) is 2. The molecule has 3 aromatic carbocycles. The number of anilines is 1. The highest BCUT2D eigenvalue weighted by atomic mass is 32.1. The van der Waals surface area contributed by atoms with E-state index < -0.39 is 12.0 Å². The van der Waals surface area contributed by atoms with Crippen molar-refractivity contribution in [3.8, 4) is 17.1 Å². The highest BCUT2D eigenvalue weighted by Gasteiger charge is 2.32. The number of carboxylic acids is 1. The van der Waals surface area contributed by atoms with Gasteiger partial charge in [0, 0.05) is 17.3 Å². The van der Waals surface area contributed by atoms with Gasteiger partial charge in [-0.05, 0) is 80.4 Å². The summed E-state index contributed by atoms with van der Waals surface area (Å²) in [5.74, 6) is 0.333. The summed E-state index contributed by atoms with van der Waals surface area (Å²) in [6, 6.07) is 24.1. The Morgan fingerprint density at radius 1 is 1.04 bits per heavy atom. The number of nitrogens with one attached hydrogen (secondary N) is 1. The number of carbonyl (C=O) groups is 2. The maximum Gasteiger partial charge on any atom is 0.335 e. The molecule has 3 heterocycles. The minimum Gasteiger partial charge on any atom is -0.494 e. The summed E-state index contributed by atoms with van der Waals surface area (Å²) < 4.78 is 13.6.